The van der Waals surface area contributed by atoms with E-state index in [1.807, 2.05) is 62.4 Å². The summed E-state index contributed by atoms with van der Waals surface area (Å²) in [5.74, 6) is -0.443. The van der Waals surface area contributed by atoms with Crippen LogP contribution >= 0.6 is 0 Å². The molecule has 0 saturated heterocycles. The van der Waals surface area contributed by atoms with Gasteiger partial charge < -0.3 is 5.11 Å². The summed E-state index contributed by atoms with van der Waals surface area (Å²) in [5.41, 5.74) is 5.93. The van der Waals surface area contributed by atoms with Gasteiger partial charge in [-0.1, -0.05) is 42.5 Å². The molecule has 40 heavy (non-hydrogen) atoms. The minimum atomic E-state index is -1.04. The largest absolute Gasteiger partial charge is 0.505 e. The molecule has 0 aliphatic carbocycles. The lowest BCUT2D eigenvalue weighted by Crippen LogP contribution is -2.31. The quantitative estimate of drug-likeness (QED) is 0.274. The third kappa shape index (κ3) is 4.64. The molecule has 1 amide bonds. The van der Waals surface area contributed by atoms with Crippen LogP contribution in [0.25, 0.3) is 11.1 Å². The molecule has 1 unspecified atom stereocenters. The predicted octanol–water partition coefficient (Wildman–Crippen LogP) is 6.81. The molecule has 0 bridgehead atoms. The molecule has 11 heteroatoms. The van der Waals surface area contributed by atoms with Crippen molar-refractivity contribution < 1.29 is 9.90 Å². The van der Waals surface area contributed by atoms with E-state index >= 15 is 0 Å². The summed E-state index contributed by atoms with van der Waals surface area (Å²) in [6.45, 7) is 3.99. The molecule has 1 N–H and O–H groups in total. The first kappa shape index (κ1) is 24.9. The second kappa shape index (κ2) is 10.4. The van der Waals surface area contributed by atoms with Crippen molar-refractivity contribution in [3.8, 4) is 16.9 Å². The van der Waals surface area contributed by atoms with Crippen molar-refractivity contribution in [2.45, 2.75) is 26.1 Å². The lowest BCUT2D eigenvalue weighted by Gasteiger charge is -2.14. The summed E-state index contributed by atoms with van der Waals surface area (Å²) in [4.78, 5) is 18.0. The number of benzene rings is 3. The molecule has 2 aliphatic heterocycles. The van der Waals surface area contributed by atoms with Gasteiger partial charge in [-0.15, -0.1) is 10.2 Å². The Balaban J connectivity index is 1.34. The molecule has 1 aromatic heterocycles. The van der Waals surface area contributed by atoms with Crippen LogP contribution in [0.15, 0.2) is 121 Å². The molecule has 0 radical (unpaired) electrons. The number of rotatable bonds is 6. The fourth-order valence-electron chi connectivity index (χ4n) is 4.43. The fourth-order valence-corrected chi connectivity index (χ4v) is 4.43. The molecule has 11 nitrogen and oxygen atoms in total. The van der Waals surface area contributed by atoms with E-state index in [0.717, 1.165) is 22.3 Å². The monoisotopic (exact) mass is 529 g/mol. The van der Waals surface area contributed by atoms with Gasteiger partial charge in [-0.2, -0.15) is 20.3 Å². The van der Waals surface area contributed by atoms with Gasteiger partial charge in [-0.05, 0) is 77.4 Å². The van der Waals surface area contributed by atoms with Crippen LogP contribution in [0.3, 0.4) is 0 Å². The number of phenols is 1. The highest BCUT2D eigenvalue weighted by Crippen LogP contribution is 2.39. The summed E-state index contributed by atoms with van der Waals surface area (Å²) < 4.78 is 0. The molecule has 2 aliphatic rings. The standard InChI is InChI=1S/C29H23N9O2/c1-17-12-13-21(15-18(17)2)38-29(40)26(25(35-38)23-10-3-4-14-30-23)32-31-24-11-6-9-22(27(24)39)19-7-5-8-20(16-19)28-33-36-37-34-28/h3-16,26,28,39H,1-2H3. The van der Waals surface area contributed by atoms with Gasteiger partial charge in [0.1, 0.15) is 11.4 Å². The van der Waals surface area contributed by atoms with Gasteiger partial charge in [0.15, 0.2) is 11.8 Å². The van der Waals surface area contributed by atoms with E-state index in [-0.39, 0.29) is 17.3 Å². The number of phenolic OH excluding ortho intramolecular Hbond substituents is 1. The van der Waals surface area contributed by atoms with Gasteiger partial charge in [-0.3, -0.25) is 9.78 Å². The fraction of sp³-hybridized carbons (Fsp3) is 0.138. The number of pyridine rings is 1. The lowest BCUT2D eigenvalue weighted by atomic mass is 10.0. The number of amides is 1. The van der Waals surface area contributed by atoms with Gasteiger partial charge in [0, 0.05) is 17.3 Å². The van der Waals surface area contributed by atoms with Gasteiger partial charge in [0.25, 0.3) is 5.91 Å². The Morgan fingerprint density at radius 1 is 0.875 bits per heavy atom. The molecular weight excluding hydrogens is 506 g/mol. The van der Waals surface area contributed by atoms with Crippen LogP contribution in [0.2, 0.25) is 0 Å². The van der Waals surface area contributed by atoms with Crippen molar-refractivity contribution in [3.05, 3.63) is 107 Å². The van der Waals surface area contributed by atoms with Gasteiger partial charge in [0.2, 0.25) is 6.17 Å². The molecule has 3 heterocycles. The van der Waals surface area contributed by atoms with Crippen LogP contribution in [0.5, 0.6) is 5.75 Å². The number of aryl methyl sites for hydroxylation is 2. The maximum absolute atomic E-state index is 13.6. The number of aromatic nitrogens is 1. The van der Waals surface area contributed by atoms with Gasteiger partial charge in [-0.25, -0.2) is 0 Å². The number of azo groups is 1. The van der Waals surface area contributed by atoms with Crippen LogP contribution in [-0.2, 0) is 4.79 Å². The second-order valence-electron chi connectivity index (χ2n) is 9.32. The zero-order chi connectivity index (χ0) is 27.6. The summed E-state index contributed by atoms with van der Waals surface area (Å²) in [6, 6.07) is 22.6. The number of hydrogen-bond donors (Lipinski definition) is 1. The van der Waals surface area contributed by atoms with Crippen LogP contribution in [0.1, 0.15) is 28.6 Å². The van der Waals surface area contributed by atoms with Gasteiger partial charge >= 0.3 is 0 Å². The maximum atomic E-state index is 13.6. The number of carbonyl (C=O) groups excluding carboxylic acids is 1. The van der Waals surface area contributed by atoms with Crippen LogP contribution in [0.4, 0.5) is 11.4 Å². The van der Waals surface area contributed by atoms with Crippen molar-refractivity contribution in [2.75, 3.05) is 5.01 Å². The zero-order valence-electron chi connectivity index (χ0n) is 21.6. The molecular formula is C29H23N9O2. The molecule has 4 aromatic rings. The molecule has 0 spiro atoms. The normalized spacial score (nSPS) is 16.9. The van der Waals surface area contributed by atoms with Crippen molar-refractivity contribution in [3.63, 3.8) is 0 Å². The SMILES string of the molecule is Cc1ccc(N2N=C(c3ccccn3)C(N=Nc3cccc(-c4cccc(C5N=NN=N5)c4)c3O)C2=O)cc1C. The molecule has 0 saturated carbocycles. The number of nitrogens with zero attached hydrogens (tertiary/aromatic N) is 9. The molecule has 0 fully saturated rings. The molecule has 1 atom stereocenters. The van der Waals surface area contributed by atoms with Gasteiger partial charge in [0.05, 0.1) is 11.4 Å². The first-order chi connectivity index (χ1) is 19.5. The van der Waals surface area contributed by atoms with Crippen molar-refractivity contribution >= 4 is 23.0 Å². The lowest BCUT2D eigenvalue weighted by molar-refractivity contribution is -0.117. The van der Waals surface area contributed by atoms with E-state index in [9.17, 15) is 9.90 Å². The summed E-state index contributed by atoms with van der Waals surface area (Å²) in [7, 11) is 0. The van der Waals surface area contributed by atoms with E-state index in [1.54, 1.807) is 36.5 Å². The Kier molecular flexibility index (Phi) is 6.44. The second-order valence-corrected chi connectivity index (χ2v) is 9.32. The predicted molar refractivity (Wildman–Crippen MR) is 148 cm³/mol. The minimum absolute atomic E-state index is 0.0779. The number of aromatic hydroxyl groups is 1. The Morgan fingerprint density at radius 3 is 2.48 bits per heavy atom. The average molecular weight is 530 g/mol. The number of hydrogen-bond acceptors (Lipinski definition) is 10. The first-order valence-corrected chi connectivity index (χ1v) is 12.5. The highest BCUT2D eigenvalue weighted by molar-refractivity contribution is 6.24. The smallest absolute Gasteiger partial charge is 0.280 e. The van der Waals surface area contributed by atoms with E-state index in [2.05, 4.69) is 41.0 Å². The third-order valence-corrected chi connectivity index (χ3v) is 6.73. The van der Waals surface area contributed by atoms with Crippen molar-refractivity contribution in [2.24, 2.45) is 36.0 Å². The summed E-state index contributed by atoms with van der Waals surface area (Å²) >= 11 is 0. The highest BCUT2D eigenvalue weighted by Gasteiger charge is 2.38. The van der Waals surface area contributed by atoms with Crippen molar-refractivity contribution in [1.29, 1.82) is 0 Å². The number of para-hydroxylation sites is 1. The van der Waals surface area contributed by atoms with E-state index in [4.69, 9.17) is 0 Å². The topological polar surface area (TPSA) is 140 Å². The molecule has 196 valence electrons. The third-order valence-electron chi connectivity index (χ3n) is 6.73. The number of carbonyl (C=O) groups is 1. The molecule has 3 aromatic carbocycles. The zero-order valence-corrected chi connectivity index (χ0v) is 21.6. The van der Waals surface area contributed by atoms with Crippen LogP contribution in [-0.4, -0.2) is 27.8 Å². The Morgan fingerprint density at radius 2 is 1.70 bits per heavy atom. The summed E-state index contributed by atoms with van der Waals surface area (Å²) in [6.07, 6.45) is 1.12. The summed E-state index contributed by atoms with van der Waals surface area (Å²) in [5, 5.41) is 40.8. The average Bonchev–Trinajstić information content (AvgIpc) is 3.63. The van der Waals surface area contributed by atoms with Crippen LogP contribution < -0.4 is 5.01 Å². The Labute approximate surface area is 229 Å². The minimum Gasteiger partial charge on any atom is -0.505 e. The van der Waals surface area contributed by atoms with E-state index in [0.29, 0.717) is 22.7 Å². The number of anilines is 1. The highest BCUT2D eigenvalue weighted by atomic mass is 16.3. The maximum Gasteiger partial charge on any atom is 0.280 e. The van der Waals surface area contributed by atoms with Crippen molar-refractivity contribution in [1.82, 2.24) is 4.98 Å². The van der Waals surface area contributed by atoms with E-state index < -0.39 is 12.2 Å². The first-order valence-electron chi connectivity index (χ1n) is 12.5. The Bertz CT molecular complexity index is 1720. The van der Waals surface area contributed by atoms with Crippen LogP contribution in [0, 0.1) is 13.8 Å². The molecule has 6 rings (SSSR count). The Hall–Kier alpha value is -5.45. The number of hydrazone groups is 1. The van der Waals surface area contributed by atoms with E-state index in [1.165, 1.54) is 5.01 Å².